The molecule has 0 aromatic rings. The molecular weight excluding hydrogens is 183 g/mol. The van der Waals surface area contributed by atoms with Crippen LogP contribution >= 0.6 is 0 Å². The molecule has 0 aromatic carbocycles. The first-order valence-electron chi connectivity index (χ1n) is 0.943. The van der Waals surface area contributed by atoms with Crippen molar-refractivity contribution in [1.29, 1.82) is 0 Å². The third kappa shape index (κ3) is 209. The van der Waals surface area contributed by atoms with E-state index in [2.05, 4.69) is 0 Å². The van der Waals surface area contributed by atoms with Gasteiger partial charge in [-0.2, -0.15) is 0 Å². The zero-order valence-corrected chi connectivity index (χ0v) is 8.77. The fourth-order valence-electron chi connectivity index (χ4n) is 0. The second-order valence-electron chi connectivity index (χ2n) is 0.192. The first-order chi connectivity index (χ1) is 2.83. The van der Waals surface area contributed by atoms with Crippen molar-refractivity contribution >= 4 is 31.0 Å². The van der Waals surface area contributed by atoms with Crippen molar-refractivity contribution in [3.05, 3.63) is 0 Å². The maximum atomic E-state index is 8.46. The van der Waals surface area contributed by atoms with E-state index >= 15 is 0 Å². The van der Waals surface area contributed by atoms with Gasteiger partial charge < -0.3 is 0 Å². The van der Waals surface area contributed by atoms with E-state index < -0.39 is 31.0 Å². The third-order valence-corrected chi connectivity index (χ3v) is 0. The summed E-state index contributed by atoms with van der Waals surface area (Å²) in [7, 11) is 0. The van der Waals surface area contributed by atoms with E-state index in [0.717, 1.165) is 0 Å². The van der Waals surface area contributed by atoms with Gasteiger partial charge in [0.15, 0.2) is 0 Å². The zero-order valence-electron chi connectivity index (χ0n) is 3.49. The van der Waals surface area contributed by atoms with Crippen molar-refractivity contribution in [3.8, 4) is 0 Å². The van der Waals surface area contributed by atoms with Gasteiger partial charge in [0.1, 0.15) is 0 Å². The van der Waals surface area contributed by atoms with Crippen LogP contribution in [0.15, 0.2) is 0 Å². The Labute approximate surface area is 66.2 Å². The summed E-state index contributed by atoms with van der Waals surface area (Å²) in [5.74, 6) is 0. The van der Waals surface area contributed by atoms with Crippen molar-refractivity contribution in [3.63, 3.8) is 0 Å². The van der Waals surface area contributed by atoms with Crippen LogP contribution in [0.2, 0.25) is 0 Å². The summed E-state index contributed by atoms with van der Waals surface area (Å²) in [4.78, 5) is 0. The smallest absolute Gasteiger partial charge is 2.00 e. The average Bonchev–Trinajstić information content (AvgIpc) is 1.39. The Morgan fingerprint density at radius 1 is 1.00 bits per heavy atom. The third-order valence-electron chi connectivity index (χ3n) is 0. The minimum atomic E-state index is -1.75. The van der Waals surface area contributed by atoms with Crippen LogP contribution < -0.4 is 8.32 Å². The molecule has 0 aliphatic rings. The fourth-order valence-corrected chi connectivity index (χ4v) is 0. The molecule has 0 atom stereocenters. The van der Waals surface area contributed by atoms with E-state index in [4.69, 9.17) is 15.9 Å². The maximum Gasteiger partial charge on any atom is 2.00 e. The van der Waals surface area contributed by atoms with E-state index in [9.17, 15) is 0 Å². The summed E-state index contributed by atoms with van der Waals surface area (Å²) in [5, 5.41) is 0. The van der Waals surface area contributed by atoms with Crippen LogP contribution in [0.5, 0.6) is 0 Å². The van der Waals surface area contributed by atoms with Gasteiger partial charge in [-0.3, -0.25) is 0 Å². The zero-order chi connectivity index (χ0) is 5.41. The quantitative estimate of drug-likeness (QED) is 0.367. The Balaban J connectivity index is -0.0000000400. The Morgan fingerprint density at radius 2 is 1.00 bits per heavy atom. The van der Waals surface area contributed by atoms with Crippen molar-refractivity contribution < 1.29 is 35.4 Å². The van der Waals surface area contributed by atoms with Gasteiger partial charge in [0.2, 0.25) is 0 Å². The van der Waals surface area contributed by atoms with Crippen molar-refractivity contribution in [1.82, 2.24) is 0 Å². The molecule has 4 nitrogen and oxygen atoms in total. The molecule has 0 saturated carbocycles. The molecule has 0 fully saturated rings. The van der Waals surface area contributed by atoms with Crippen LogP contribution in [0.3, 0.4) is 0 Å². The van der Waals surface area contributed by atoms with Gasteiger partial charge in [-0.15, -0.1) is 0 Å². The van der Waals surface area contributed by atoms with E-state index in [-0.39, 0.29) is 19.5 Å². The Morgan fingerprint density at radius 3 is 1.00 bits per heavy atom. The number of rotatable bonds is 0. The summed E-state index contributed by atoms with van der Waals surface area (Å²) in [5.41, 5.74) is 0. The van der Waals surface area contributed by atoms with Crippen LogP contribution in [0.25, 0.3) is 0 Å². The molecule has 0 saturated heterocycles. The van der Waals surface area contributed by atoms with Crippen LogP contribution in [0.4, 0.5) is 0 Å². The Hall–Kier alpha value is 0.888. The first kappa shape index (κ1) is 15.7. The molecule has 0 aromatic heterocycles. The van der Waals surface area contributed by atoms with E-state index in [0.29, 0.717) is 0 Å². The van der Waals surface area contributed by atoms with E-state index in [1.54, 1.807) is 0 Å². The molecule has 0 spiro atoms. The van der Waals surface area contributed by atoms with Crippen LogP contribution in [-0.2, 0) is 27.1 Å². The summed E-state index contributed by atoms with van der Waals surface area (Å²) >= 11 is -3.50. The van der Waals surface area contributed by atoms with E-state index in [1.807, 2.05) is 0 Å². The maximum absolute atomic E-state index is 8.46. The summed E-state index contributed by atoms with van der Waals surface area (Å²) in [6.07, 6.45) is 0. The monoisotopic (exact) mass is 182 g/mol. The first-order valence-corrected chi connectivity index (χ1v) is 2.83. The SMILES string of the molecule is [O]=[Al][O-].[O]=[Al][O-].[Zn+2]. The molecule has 7 heteroatoms. The largest absolute Gasteiger partial charge is 2.00 e. The number of hydrogen-bond acceptors (Lipinski definition) is 4. The molecule has 0 heterocycles. The molecule has 0 radical (unpaired) electrons. The van der Waals surface area contributed by atoms with Crippen LogP contribution in [0, 0.1) is 0 Å². The molecule has 0 rings (SSSR count). The fraction of sp³-hybridized carbons (Fsp3) is 0. The van der Waals surface area contributed by atoms with Gasteiger partial charge in [-0.05, 0) is 0 Å². The van der Waals surface area contributed by atoms with E-state index in [1.165, 1.54) is 0 Å². The van der Waals surface area contributed by atoms with Gasteiger partial charge in [-0.1, -0.05) is 0 Å². The van der Waals surface area contributed by atoms with Gasteiger partial charge >= 0.3 is 66.4 Å². The van der Waals surface area contributed by atoms with Crippen LogP contribution in [0.1, 0.15) is 0 Å². The molecule has 7 heavy (non-hydrogen) atoms. The van der Waals surface area contributed by atoms with Gasteiger partial charge in [0.05, 0.1) is 0 Å². The van der Waals surface area contributed by atoms with Crippen LogP contribution in [-0.4, -0.2) is 31.0 Å². The topological polar surface area (TPSA) is 80.3 Å². The average molecular weight is 183 g/mol. The molecular formula is Al2O4Zn. The van der Waals surface area contributed by atoms with Crippen molar-refractivity contribution in [2.45, 2.75) is 0 Å². The second-order valence-corrected chi connectivity index (χ2v) is 0.577. The molecule has 32 valence electrons. The molecule has 0 aliphatic heterocycles. The van der Waals surface area contributed by atoms with Crippen molar-refractivity contribution in [2.75, 3.05) is 0 Å². The molecule has 0 N–H and O–H groups in total. The van der Waals surface area contributed by atoms with Crippen molar-refractivity contribution in [2.24, 2.45) is 0 Å². The standard InChI is InChI=1S/2Al.4O.Zn/q;;;;2*-1;+2. The normalized spacial score (nSPS) is 2.29. The minimum Gasteiger partial charge on any atom is 2.00 e. The summed E-state index contributed by atoms with van der Waals surface area (Å²) < 4.78 is 33.8. The summed E-state index contributed by atoms with van der Waals surface area (Å²) in [6, 6.07) is 0. The predicted octanol–water partition coefficient (Wildman–Crippen LogP) is -3.38. The number of hydrogen-bond donors (Lipinski definition) is 0. The van der Waals surface area contributed by atoms with Gasteiger partial charge in [0, 0.05) is 0 Å². The van der Waals surface area contributed by atoms with Gasteiger partial charge in [-0.25, -0.2) is 0 Å². The molecule has 0 unspecified atom stereocenters. The summed E-state index contributed by atoms with van der Waals surface area (Å²) in [6.45, 7) is 0. The second kappa shape index (κ2) is 28.6. The molecule has 0 amide bonds. The molecule has 0 aliphatic carbocycles. The Kier molecular flexibility index (Phi) is 64.1. The predicted molar refractivity (Wildman–Crippen MR) is 12.9 cm³/mol. The molecule has 0 bridgehead atoms. The Bertz CT molecular complexity index is 30.7. The van der Waals surface area contributed by atoms with Gasteiger partial charge in [0.25, 0.3) is 0 Å². The minimum absolute atomic E-state index is 0.